The molecule has 156 valence electrons. The second kappa shape index (κ2) is 8.61. The average molecular weight is 406 g/mol. The summed E-state index contributed by atoms with van der Waals surface area (Å²) in [6, 6.07) is 16.3. The Morgan fingerprint density at radius 2 is 1.73 bits per heavy atom. The molecule has 1 aromatic heterocycles. The predicted molar refractivity (Wildman–Crippen MR) is 116 cm³/mol. The summed E-state index contributed by atoms with van der Waals surface area (Å²) in [5.74, 6) is 1.44. The summed E-state index contributed by atoms with van der Waals surface area (Å²) in [7, 11) is 0. The highest BCUT2D eigenvalue weighted by Gasteiger charge is 2.23. The van der Waals surface area contributed by atoms with Crippen LogP contribution in [0.1, 0.15) is 26.7 Å². The van der Waals surface area contributed by atoms with Gasteiger partial charge in [-0.2, -0.15) is 0 Å². The van der Waals surface area contributed by atoms with Crippen molar-refractivity contribution in [3.63, 3.8) is 0 Å². The number of likely N-dealkylation sites (tertiary alicyclic amines) is 1. The van der Waals surface area contributed by atoms with Gasteiger partial charge in [-0.1, -0.05) is 24.3 Å². The number of benzene rings is 2. The monoisotopic (exact) mass is 406 g/mol. The molecule has 4 rings (SSSR count). The van der Waals surface area contributed by atoms with Gasteiger partial charge < -0.3 is 19.5 Å². The lowest BCUT2D eigenvalue weighted by molar-refractivity contribution is 0.0895. The van der Waals surface area contributed by atoms with E-state index in [1.165, 1.54) is 4.90 Å². The Bertz CT molecular complexity index is 1030. The summed E-state index contributed by atoms with van der Waals surface area (Å²) < 4.78 is 11.8. The molecule has 1 aliphatic rings. The topological polar surface area (TPSA) is 71.9 Å². The lowest BCUT2D eigenvalue weighted by Gasteiger charge is -2.30. The van der Waals surface area contributed by atoms with E-state index in [1.54, 1.807) is 0 Å². The largest absolute Gasteiger partial charge is 0.490 e. The molecule has 3 aromatic rings. The summed E-state index contributed by atoms with van der Waals surface area (Å²) >= 11 is 0. The fourth-order valence-corrected chi connectivity index (χ4v) is 3.69. The summed E-state index contributed by atoms with van der Waals surface area (Å²) in [6.07, 6.45) is 2.55. The molecule has 6 nitrogen and oxygen atoms in total. The first-order valence-corrected chi connectivity index (χ1v) is 10.3. The number of rotatable bonds is 5. The minimum Gasteiger partial charge on any atom is -0.490 e. The minimum atomic E-state index is -0.855. The lowest BCUT2D eigenvalue weighted by atomic mass is 10.0. The van der Waals surface area contributed by atoms with Crippen LogP contribution < -0.4 is 9.47 Å². The van der Waals surface area contributed by atoms with Crippen molar-refractivity contribution >= 4 is 16.9 Å². The van der Waals surface area contributed by atoms with Gasteiger partial charge in [0.05, 0.1) is 6.10 Å². The van der Waals surface area contributed by atoms with E-state index in [4.69, 9.17) is 14.6 Å². The van der Waals surface area contributed by atoms with Gasteiger partial charge in [0.25, 0.3) is 0 Å². The van der Waals surface area contributed by atoms with Crippen molar-refractivity contribution < 1.29 is 19.4 Å². The molecule has 1 N–H and O–H groups in total. The van der Waals surface area contributed by atoms with Crippen molar-refractivity contribution in [2.75, 3.05) is 13.1 Å². The lowest BCUT2D eigenvalue weighted by Crippen LogP contribution is -2.41. The van der Waals surface area contributed by atoms with E-state index in [2.05, 4.69) is 35.3 Å². The maximum absolute atomic E-state index is 11.0. The van der Waals surface area contributed by atoms with Gasteiger partial charge >= 0.3 is 6.09 Å². The highest BCUT2D eigenvalue weighted by molar-refractivity contribution is 5.87. The Hall–Kier alpha value is -3.28. The zero-order valence-electron chi connectivity index (χ0n) is 17.2. The molecule has 30 heavy (non-hydrogen) atoms. The summed E-state index contributed by atoms with van der Waals surface area (Å²) in [5, 5.41) is 11.2. The molecule has 0 radical (unpaired) electrons. The number of fused-ring (bicyclic) bond motifs is 1. The van der Waals surface area contributed by atoms with Crippen LogP contribution in [0, 0.1) is 0 Å². The standard InChI is InChI=1S/C24H26N2O4/c1-16(2)29-23-14-20-13-18(3-4-19(20)15-25-23)17-5-7-21(8-6-17)30-22-9-11-26(12-10-22)24(27)28/h3-8,13-16,22H,9-12H2,1-2H3,(H,27,28). The summed E-state index contributed by atoms with van der Waals surface area (Å²) in [5.41, 5.74) is 2.22. The van der Waals surface area contributed by atoms with Gasteiger partial charge in [-0.25, -0.2) is 9.78 Å². The van der Waals surface area contributed by atoms with E-state index in [0.717, 1.165) is 27.6 Å². The maximum Gasteiger partial charge on any atom is 0.407 e. The van der Waals surface area contributed by atoms with Gasteiger partial charge in [-0.05, 0) is 48.6 Å². The predicted octanol–water partition coefficient (Wildman–Crippen LogP) is 5.21. The minimum absolute atomic E-state index is 0.0546. The molecule has 0 aliphatic carbocycles. The summed E-state index contributed by atoms with van der Waals surface area (Å²) in [4.78, 5) is 16.8. The highest BCUT2D eigenvalue weighted by atomic mass is 16.5. The molecule has 1 fully saturated rings. The molecule has 2 aromatic carbocycles. The maximum atomic E-state index is 11.0. The SMILES string of the molecule is CC(C)Oc1cc2cc(-c3ccc(OC4CCN(C(=O)O)CC4)cc3)ccc2cn1. The van der Waals surface area contributed by atoms with Crippen molar-refractivity contribution in [3.8, 4) is 22.8 Å². The van der Waals surface area contributed by atoms with Crippen molar-refractivity contribution in [3.05, 3.63) is 54.7 Å². The Balaban J connectivity index is 1.45. The Labute approximate surface area is 176 Å². The fourth-order valence-electron chi connectivity index (χ4n) is 3.69. The van der Waals surface area contributed by atoms with E-state index >= 15 is 0 Å². The molecule has 0 spiro atoms. The van der Waals surface area contributed by atoms with Crippen LogP contribution in [-0.2, 0) is 0 Å². The van der Waals surface area contributed by atoms with E-state index in [9.17, 15) is 4.79 Å². The van der Waals surface area contributed by atoms with Crippen LogP contribution in [0.4, 0.5) is 4.79 Å². The van der Waals surface area contributed by atoms with Crippen LogP contribution in [-0.4, -0.2) is 46.4 Å². The van der Waals surface area contributed by atoms with Gasteiger partial charge in [-0.3, -0.25) is 0 Å². The number of amides is 1. The van der Waals surface area contributed by atoms with Crippen LogP contribution in [0.15, 0.2) is 54.7 Å². The fraction of sp³-hybridized carbons (Fsp3) is 0.333. The number of hydrogen-bond donors (Lipinski definition) is 1. The van der Waals surface area contributed by atoms with Gasteiger partial charge in [0.2, 0.25) is 5.88 Å². The van der Waals surface area contributed by atoms with E-state index in [0.29, 0.717) is 31.8 Å². The zero-order chi connectivity index (χ0) is 21.1. The van der Waals surface area contributed by atoms with Crippen LogP contribution in [0.3, 0.4) is 0 Å². The molecule has 2 heterocycles. The smallest absolute Gasteiger partial charge is 0.407 e. The van der Waals surface area contributed by atoms with Gasteiger partial charge in [0.1, 0.15) is 11.9 Å². The Kier molecular flexibility index (Phi) is 5.74. The number of nitrogens with zero attached hydrogens (tertiary/aromatic N) is 2. The van der Waals surface area contributed by atoms with Crippen molar-refractivity contribution in [1.29, 1.82) is 0 Å². The first-order valence-electron chi connectivity index (χ1n) is 10.3. The van der Waals surface area contributed by atoms with Crippen molar-refractivity contribution in [2.45, 2.75) is 38.9 Å². The van der Waals surface area contributed by atoms with Crippen molar-refractivity contribution in [1.82, 2.24) is 9.88 Å². The summed E-state index contributed by atoms with van der Waals surface area (Å²) in [6.45, 7) is 5.02. The highest BCUT2D eigenvalue weighted by Crippen LogP contribution is 2.28. The zero-order valence-corrected chi connectivity index (χ0v) is 17.2. The third-order valence-corrected chi connectivity index (χ3v) is 5.26. The number of aromatic nitrogens is 1. The molecule has 0 bridgehead atoms. The Morgan fingerprint density at radius 1 is 1.03 bits per heavy atom. The average Bonchev–Trinajstić information content (AvgIpc) is 2.74. The molecule has 0 atom stereocenters. The van der Waals surface area contributed by atoms with Gasteiger partial charge in [-0.15, -0.1) is 0 Å². The Morgan fingerprint density at radius 3 is 2.40 bits per heavy atom. The van der Waals surface area contributed by atoms with Crippen molar-refractivity contribution in [2.24, 2.45) is 0 Å². The number of carboxylic acid groups (broad SMARTS) is 1. The number of pyridine rings is 1. The van der Waals surface area contributed by atoms with Gasteiger partial charge in [0.15, 0.2) is 0 Å². The number of ether oxygens (including phenoxy) is 2. The number of hydrogen-bond acceptors (Lipinski definition) is 4. The second-order valence-corrected chi connectivity index (χ2v) is 7.86. The normalized spacial score (nSPS) is 14.8. The number of piperidine rings is 1. The molecule has 1 saturated heterocycles. The molecule has 6 heteroatoms. The molecule has 0 saturated carbocycles. The second-order valence-electron chi connectivity index (χ2n) is 7.86. The van der Waals surface area contributed by atoms with E-state index in [1.807, 2.05) is 38.2 Å². The third-order valence-electron chi connectivity index (χ3n) is 5.26. The molecule has 1 aliphatic heterocycles. The molecule has 1 amide bonds. The number of carbonyl (C=O) groups is 1. The van der Waals surface area contributed by atoms with Crippen LogP contribution in [0.5, 0.6) is 11.6 Å². The molecular formula is C24H26N2O4. The van der Waals surface area contributed by atoms with E-state index < -0.39 is 6.09 Å². The van der Waals surface area contributed by atoms with Crippen LogP contribution in [0.25, 0.3) is 21.9 Å². The van der Waals surface area contributed by atoms with Crippen LogP contribution in [0.2, 0.25) is 0 Å². The van der Waals surface area contributed by atoms with Gasteiger partial charge in [0, 0.05) is 43.6 Å². The molecular weight excluding hydrogens is 380 g/mol. The third kappa shape index (κ3) is 4.64. The first-order chi connectivity index (χ1) is 14.5. The quantitative estimate of drug-likeness (QED) is 0.630. The molecule has 0 unspecified atom stereocenters. The van der Waals surface area contributed by atoms with Crippen LogP contribution >= 0.6 is 0 Å². The van der Waals surface area contributed by atoms with E-state index in [-0.39, 0.29) is 12.2 Å². The first kappa shape index (κ1) is 20.0.